The van der Waals surface area contributed by atoms with Gasteiger partial charge in [-0.2, -0.15) is 0 Å². The Bertz CT molecular complexity index is 819. The van der Waals surface area contributed by atoms with Gasteiger partial charge in [-0.15, -0.1) is 0 Å². The van der Waals surface area contributed by atoms with Gasteiger partial charge in [0.15, 0.2) is 6.10 Å². The zero-order valence-electron chi connectivity index (χ0n) is 15.3. The fourth-order valence-electron chi connectivity index (χ4n) is 2.39. The van der Waals surface area contributed by atoms with E-state index in [2.05, 4.69) is 5.32 Å². The molecule has 6 heteroatoms. The molecule has 2 aromatic rings. The van der Waals surface area contributed by atoms with Gasteiger partial charge in [-0.3, -0.25) is 4.79 Å². The van der Waals surface area contributed by atoms with Crippen molar-refractivity contribution in [2.45, 2.75) is 33.8 Å². The molecule has 0 unspecified atom stereocenters. The maximum absolute atomic E-state index is 12.4. The molecule has 0 saturated carbocycles. The number of carbonyl (C=O) groups excluding carboxylic acids is 2. The van der Waals surface area contributed by atoms with E-state index in [0.717, 1.165) is 11.1 Å². The van der Waals surface area contributed by atoms with Gasteiger partial charge in [0.25, 0.3) is 5.91 Å². The number of anilines is 1. The Labute approximate surface area is 158 Å². The van der Waals surface area contributed by atoms with Crippen LogP contribution in [0.3, 0.4) is 0 Å². The Kier molecular flexibility index (Phi) is 6.64. The van der Waals surface area contributed by atoms with E-state index in [1.807, 2.05) is 32.0 Å². The first-order chi connectivity index (χ1) is 12.3. The minimum absolute atomic E-state index is 0.203. The molecule has 2 aromatic carbocycles. The second kappa shape index (κ2) is 8.72. The standard InChI is InChI=1S/C20H22ClNO4/c1-5-25-20(24)16-11-15(7-8-17(16)21)22-19(23)14(4)26-18-9-6-12(2)10-13(18)3/h6-11,14H,5H2,1-4H3,(H,22,23)/t14-/m0/s1. The smallest absolute Gasteiger partial charge is 0.339 e. The number of nitrogens with one attached hydrogen (secondary N) is 1. The molecule has 0 aliphatic heterocycles. The lowest BCUT2D eigenvalue weighted by Crippen LogP contribution is -2.30. The summed E-state index contributed by atoms with van der Waals surface area (Å²) in [7, 11) is 0. The van der Waals surface area contributed by atoms with E-state index in [-0.39, 0.29) is 23.1 Å². The molecule has 0 aliphatic rings. The summed E-state index contributed by atoms with van der Waals surface area (Å²) in [5.41, 5.74) is 2.73. The van der Waals surface area contributed by atoms with E-state index in [0.29, 0.717) is 11.4 Å². The highest BCUT2D eigenvalue weighted by atomic mass is 35.5. The average molecular weight is 376 g/mol. The van der Waals surface area contributed by atoms with Crippen LogP contribution in [0.1, 0.15) is 35.3 Å². The normalized spacial score (nSPS) is 11.6. The first-order valence-electron chi connectivity index (χ1n) is 8.33. The monoisotopic (exact) mass is 375 g/mol. The molecule has 0 aliphatic carbocycles. The zero-order valence-corrected chi connectivity index (χ0v) is 16.0. The number of halogens is 1. The first-order valence-corrected chi connectivity index (χ1v) is 8.71. The van der Waals surface area contributed by atoms with Crippen molar-refractivity contribution in [3.8, 4) is 5.75 Å². The number of amides is 1. The minimum atomic E-state index is -0.710. The lowest BCUT2D eigenvalue weighted by atomic mass is 10.1. The van der Waals surface area contributed by atoms with Crippen LogP contribution in [-0.2, 0) is 9.53 Å². The zero-order chi connectivity index (χ0) is 19.3. The van der Waals surface area contributed by atoms with Crippen LogP contribution < -0.4 is 10.1 Å². The summed E-state index contributed by atoms with van der Waals surface area (Å²) in [5.74, 6) is -0.211. The van der Waals surface area contributed by atoms with Gasteiger partial charge in [-0.05, 0) is 57.5 Å². The van der Waals surface area contributed by atoms with Crippen LogP contribution in [0.15, 0.2) is 36.4 Å². The summed E-state index contributed by atoms with van der Waals surface area (Å²) in [6.07, 6.45) is -0.710. The Morgan fingerprint density at radius 3 is 2.54 bits per heavy atom. The fourth-order valence-corrected chi connectivity index (χ4v) is 2.58. The lowest BCUT2D eigenvalue weighted by Gasteiger charge is -2.17. The molecule has 0 bridgehead atoms. The highest BCUT2D eigenvalue weighted by Crippen LogP contribution is 2.23. The van der Waals surface area contributed by atoms with Crippen LogP contribution in [0.25, 0.3) is 0 Å². The van der Waals surface area contributed by atoms with Crippen LogP contribution in [0.4, 0.5) is 5.69 Å². The van der Waals surface area contributed by atoms with Crippen molar-refractivity contribution in [2.75, 3.05) is 11.9 Å². The number of hydrogen-bond donors (Lipinski definition) is 1. The molecule has 0 radical (unpaired) electrons. The predicted octanol–water partition coefficient (Wildman–Crippen LogP) is 4.54. The Balaban J connectivity index is 2.09. The number of benzene rings is 2. The first kappa shape index (κ1) is 19.8. The topological polar surface area (TPSA) is 64.6 Å². The molecule has 138 valence electrons. The number of hydrogen-bond acceptors (Lipinski definition) is 4. The van der Waals surface area contributed by atoms with Crippen LogP contribution in [0.2, 0.25) is 5.02 Å². The summed E-state index contributed by atoms with van der Waals surface area (Å²) in [6.45, 7) is 7.54. The molecule has 0 heterocycles. The number of esters is 1. The van der Waals surface area contributed by atoms with E-state index < -0.39 is 12.1 Å². The molecule has 5 nitrogen and oxygen atoms in total. The highest BCUT2D eigenvalue weighted by Gasteiger charge is 2.18. The van der Waals surface area contributed by atoms with Crippen molar-refractivity contribution in [2.24, 2.45) is 0 Å². The summed E-state index contributed by atoms with van der Waals surface area (Å²) < 4.78 is 10.7. The van der Waals surface area contributed by atoms with Gasteiger partial charge >= 0.3 is 5.97 Å². The van der Waals surface area contributed by atoms with E-state index in [4.69, 9.17) is 21.1 Å². The van der Waals surface area contributed by atoms with Gasteiger partial charge in [-0.1, -0.05) is 29.3 Å². The molecule has 0 fully saturated rings. The molecule has 0 aromatic heterocycles. The van der Waals surface area contributed by atoms with Crippen molar-refractivity contribution in [1.29, 1.82) is 0 Å². The van der Waals surface area contributed by atoms with Gasteiger partial charge in [0, 0.05) is 5.69 Å². The van der Waals surface area contributed by atoms with Gasteiger partial charge in [0.2, 0.25) is 0 Å². The summed E-state index contributed by atoms with van der Waals surface area (Å²) >= 11 is 6.03. The van der Waals surface area contributed by atoms with Crippen molar-refractivity contribution < 1.29 is 19.1 Å². The maximum atomic E-state index is 12.4. The Hall–Kier alpha value is -2.53. The molecular weight excluding hydrogens is 354 g/mol. The summed E-state index contributed by atoms with van der Waals surface area (Å²) in [6, 6.07) is 10.4. The third kappa shape index (κ3) is 4.99. The van der Waals surface area contributed by atoms with E-state index >= 15 is 0 Å². The highest BCUT2D eigenvalue weighted by molar-refractivity contribution is 6.33. The van der Waals surface area contributed by atoms with Crippen LogP contribution in [-0.4, -0.2) is 24.6 Å². The SMILES string of the molecule is CCOC(=O)c1cc(NC(=O)[C@H](C)Oc2ccc(C)cc2C)ccc1Cl. The average Bonchev–Trinajstić information content (AvgIpc) is 2.59. The molecule has 0 spiro atoms. The quantitative estimate of drug-likeness (QED) is 0.753. The number of rotatable bonds is 6. The second-order valence-electron chi connectivity index (χ2n) is 5.93. The molecule has 1 atom stereocenters. The van der Waals surface area contributed by atoms with Crippen LogP contribution >= 0.6 is 11.6 Å². The second-order valence-corrected chi connectivity index (χ2v) is 6.34. The number of ether oxygens (including phenoxy) is 2. The van der Waals surface area contributed by atoms with Crippen molar-refractivity contribution in [3.05, 3.63) is 58.1 Å². The molecule has 2 rings (SSSR count). The number of carbonyl (C=O) groups is 2. The summed E-state index contributed by atoms with van der Waals surface area (Å²) in [4.78, 5) is 24.3. The molecule has 1 N–H and O–H groups in total. The lowest BCUT2D eigenvalue weighted by molar-refractivity contribution is -0.122. The number of aryl methyl sites for hydroxylation is 2. The van der Waals surface area contributed by atoms with Crippen molar-refractivity contribution in [1.82, 2.24) is 0 Å². The van der Waals surface area contributed by atoms with Crippen LogP contribution in [0.5, 0.6) is 5.75 Å². The van der Waals surface area contributed by atoms with Crippen molar-refractivity contribution in [3.63, 3.8) is 0 Å². The molecular formula is C20H22ClNO4. The fraction of sp³-hybridized carbons (Fsp3) is 0.300. The molecule has 0 saturated heterocycles. The minimum Gasteiger partial charge on any atom is -0.481 e. The van der Waals surface area contributed by atoms with E-state index in [9.17, 15) is 9.59 Å². The van der Waals surface area contributed by atoms with E-state index in [1.54, 1.807) is 26.0 Å². The largest absolute Gasteiger partial charge is 0.481 e. The van der Waals surface area contributed by atoms with Crippen LogP contribution in [0, 0.1) is 13.8 Å². The Morgan fingerprint density at radius 1 is 1.15 bits per heavy atom. The van der Waals surface area contributed by atoms with E-state index in [1.165, 1.54) is 6.07 Å². The van der Waals surface area contributed by atoms with Gasteiger partial charge < -0.3 is 14.8 Å². The van der Waals surface area contributed by atoms with Gasteiger partial charge in [0.1, 0.15) is 5.75 Å². The Morgan fingerprint density at radius 2 is 1.88 bits per heavy atom. The molecule has 1 amide bonds. The third-order valence-electron chi connectivity index (χ3n) is 3.73. The molecule has 26 heavy (non-hydrogen) atoms. The third-order valence-corrected chi connectivity index (χ3v) is 4.06. The summed E-state index contributed by atoms with van der Waals surface area (Å²) in [5, 5.41) is 2.99. The van der Waals surface area contributed by atoms with Crippen molar-refractivity contribution >= 4 is 29.2 Å². The van der Waals surface area contributed by atoms with Gasteiger partial charge in [-0.25, -0.2) is 4.79 Å². The predicted molar refractivity (Wildman–Crippen MR) is 102 cm³/mol. The maximum Gasteiger partial charge on any atom is 0.339 e. The van der Waals surface area contributed by atoms with Gasteiger partial charge in [0.05, 0.1) is 17.2 Å².